The summed E-state index contributed by atoms with van der Waals surface area (Å²) in [7, 11) is 0. The van der Waals surface area contributed by atoms with Gasteiger partial charge >= 0.3 is 0 Å². The molecule has 0 aromatic rings. The largest absolute Gasteiger partial charge is 0.380 e. The van der Waals surface area contributed by atoms with Gasteiger partial charge in [-0.3, -0.25) is 9.59 Å². The van der Waals surface area contributed by atoms with Crippen LogP contribution in [-0.4, -0.2) is 48.1 Å². The second-order valence-electron chi connectivity index (χ2n) is 4.92. The van der Waals surface area contributed by atoms with E-state index in [0.717, 1.165) is 0 Å². The average Bonchev–Trinajstić information content (AvgIpc) is 2.27. The highest BCUT2D eigenvalue weighted by Crippen LogP contribution is 2.17. The Morgan fingerprint density at radius 1 is 1.47 bits per heavy atom. The summed E-state index contributed by atoms with van der Waals surface area (Å²) in [5, 5.41) is 2.75. The summed E-state index contributed by atoms with van der Waals surface area (Å²) in [5.41, 5.74) is -0.825. The van der Waals surface area contributed by atoms with Gasteiger partial charge in [0.05, 0.1) is 6.61 Å². The Bertz CT molecular complexity index is 302. The predicted molar refractivity (Wildman–Crippen MR) is 64.5 cm³/mol. The van der Waals surface area contributed by atoms with Crippen LogP contribution >= 0.6 is 0 Å². The van der Waals surface area contributed by atoms with Crippen molar-refractivity contribution in [1.29, 1.82) is 0 Å². The van der Waals surface area contributed by atoms with Gasteiger partial charge in [0.15, 0.2) is 0 Å². The molecule has 0 aromatic heterocycles. The quantitative estimate of drug-likeness (QED) is 0.732. The van der Waals surface area contributed by atoms with Gasteiger partial charge in [-0.25, -0.2) is 0 Å². The maximum Gasteiger partial charge on any atom is 0.248 e. The predicted octanol–water partition coefficient (Wildman–Crippen LogP) is 0.538. The van der Waals surface area contributed by atoms with Gasteiger partial charge in [-0.2, -0.15) is 0 Å². The van der Waals surface area contributed by atoms with Gasteiger partial charge in [0.1, 0.15) is 5.54 Å². The lowest BCUT2D eigenvalue weighted by Crippen LogP contribution is -2.54. The second kappa shape index (κ2) is 5.49. The Labute approximate surface area is 102 Å². The van der Waals surface area contributed by atoms with Gasteiger partial charge < -0.3 is 15.0 Å². The molecule has 0 spiro atoms. The maximum absolute atomic E-state index is 12.3. The zero-order valence-corrected chi connectivity index (χ0v) is 11.1. The smallest absolute Gasteiger partial charge is 0.248 e. The molecule has 0 bridgehead atoms. The van der Waals surface area contributed by atoms with Crippen LogP contribution in [0.1, 0.15) is 34.1 Å². The fraction of sp³-hybridized carbons (Fsp3) is 0.833. The molecule has 1 fully saturated rings. The van der Waals surface area contributed by atoms with Gasteiger partial charge in [0.2, 0.25) is 11.8 Å². The summed E-state index contributed by atoms with van der Waals surface area (Å²) in [6.45, 7) is 8.96. The summed E-state index contributed by atoms with van der Waals surface area (Å²) < 4.78 is 5.27. The lowest BCUT2D eigenvalue weighted by atomic mass is 10.0. The molecular formula is C12H22N2O3. The van der Waals surface area contributed by atoms with Gasteiger partial charge in [-0.1, -0.05) is 0 Å². The van der Waals surface area contributed by atoms with Gasteiger partial charge in [0.25, 0.3) is 0 Å². The van der Waals surface area contributed by atoms with Gasteiger partial charge in [-0.15, -0.1) is 0 Å². The molecule has 1 N–H and O–H groups in total. The summed E-state index contributed by atoms with van der Waals surface area (Å²) in [5.74, 6) is -0.120. The van der Waals surface area contributed by atoms with E-state index in [4.69, 9.17) is 4.74 Å². The normalized spacial score (nSPS) is 24.5. The Hall–Kier alpha value is -1.10. The highest BCUT2D eigenvalue weighted by atomic mass is 16.5. The van der Waals surface area contributed by atoms with Crippen LogP contribution in [0.25, 0.3) is 0 Å². The molecule has 1 unspecified atom stereocenters. The number of amides is 2. The average molecular weight is 242 g/mol. The van der Waals surface area contributed by atoms with Gasteiger partial charge in [-0.05, 0) is 27.7 Å². The van der Waals surface area contributed by atoms with Crippen molar-refractivity contribution in [3.63, 3.8) is 0 Å². The van der Waals surface area contributed by atoms with Crippen molar-refractivity contribution in [1.82, 2.24) is 10.2 Å². The Morgan fingerprint density at radius 3 is 2.71 bits per heavy atom. The first kappa shape index (κ1) is 14.0. The Balaban J connectivity index is 2.77. The molecule has 0 saturated carbocycles. The molecule has 5 heteroatoms. The molecule has 5 nitrogen and oxygen atoms in total. The molecule has 2 amide bonds. The van der Waals surface area contributed by atoms with E-state index in [0.29, 0.717) is 26.2 Å². The number of carbonyl (C=O) groups is 2. The number of carbonyl (C=O) groups excluding carboxylic acids is 2. The minimum atomic E-state index is -0.825. The highest BCUT2D eigenvalue weighted by Gasteiger charge is 2.39. The minimum Gasteiger partial charge on any atom is -0.380 e. The van der Waals surface area contributed by atoms with Crippen molar-refractivity contribution in [3.05, 3.63) is 0 Å². The van der Waals surface area contributed by atoms with Crippen molar-refractivity contribution in [2.24, 2.45) is 0 Å². The molecule has 1 atom stereocenters. The highest BCUT2D eigenvalue weighted by molar-refractivity contribution is 5.93. The van der Waals surface area contributed by atoms with E-state index in [1.54, 1.807) is 18.7 Å². The van der Waals surface area contributed by atoms with E-state index in [-0.39, 0.29) is 17.9 Å². The molecule has 1 rings (SSSR count). The van der Waals surface area contributed by atoms with Crippen molar-refractivity contribution >= 4 is 11.8 Å². The topological polar surface area (TPSA) is 58.6 Å². The van der Waals surface area contributed by atoms with Crippen LogP contribution in [0.3, 0.4) is 0 Å². The number of hydrogen-bond donors (Lipinski definition) is 1. The van der Waals surface area contributed by atoms with Crippen molar-refractivity contribution in [3.8, 4) is 0 Å². The van der Waals surface area contributed by atoms with E-state index in [2.05, 4.69) is 5.32 Å². The monoisotopic (exact) mass is 242 g/mol. The zero-order valence-electron chi connectivity index (χ0n) is 11.1. The first-order valence-electron chi connectivity index (χ1n) is 6.08. The van der Waals surface area contributed by atoms with E-state index in [9.17, 15) is 9.59 Å². The lowest BCUT2D eigenvalue weighted by Gasteiger charge is -2.31. The first-order chi connectivity index (χ1) is 7.88. The number of ether oxygens (including phenoxy) is 1. The third-order valence-corrected chi connectivity index (χ3v) is 2.94. The Morgan fingerprint density at radius 2 is 2.12 bits per heavy atom. The molecule has 1 aliphatic heterocycles. The van der Waals surface area contributed by atoms with Crippen molar-refractivity contribution in [2.75, 3.05) is 19.8 Å². The van der Waals surface area contributed by atoms with Crippen LogP contribution in [0.4, 0.5) is 0 Å². The van der Waals surface area contributed by atoms with Crippen LogP contribution in [-0.2, 0) is 14.3 Å². The van der Waals surface area contributed by atoms with Crippen LogP contribution in [0.5, 0.6) is 0 Å². The molecular weight excluding hydrogens is 220 g/mol. The van der Waals surface area contributed by atoms with E-state index < -0.39 is 5.54 Å². The molecule has 0 aliphatic carbocycles. The number of hydrogen-bond acceptors (Lipinski definition) is 3. The van der Waals surface area contributed by atoms with E-state index >= 15 is 0 Å². The maximum atomic E-state index is 12.3. The SMILES string of the molecule is CCOCCN1C(=O)C(C)(C)NC(=O)CC1C. The number of nitrogens with one attached hydrogen (secondary N) is 1. The van der Waals surface area contributed by atoms with Crippen LogP contribution < -0.4 is 5.32 Å². The number of nitrogens with zero attached hydrogens (tertiary/aromatic N) is 1. The first-order valence-corrected chi connectivity index (χ1v) is 6.08. The Kier molecular flexibility index (Phi) is 4.51. The molecule has 98 valence electrons. The molecule has 17 heavy (non-hydrogen) atoms. The molecule has 0 radical (unpaired) electrons. The summed E-state index contributed by atoms with van der Waals surface area (Å²) in [4.78, 5) is 25.6. The zero-order chi connectivity index (χ0) is 13.1. The number of rotatable bonds is 4. The van der Waals surface area contributed by atoms with E-state index in [1.165, 1.54) is 0 Å². The summed E-state index contributed by atoms with van der Waals surface area (Å²) in [6, 6.07) is -0.0790. The van der Waals surface area contributed by atoms with E-state index in [1.807, 2.05) is 13.8 Å². The fourth-order valence-corrected chi connectivity index (χ4v) is 2.02. The lowest BCUT2D eigenvalue weighted by molar-refractivity contribution is -0.139. The standard InChI is InChI=1S/C12H22N2O3/c1-5-17-7-6-14-9(2)8-10(15)13-12(3,4)11(14)16/h9H,5-8H2,1-4H3,(H,13,15). The van der Waals surface area contributed by atoms with Crippen molar-refractivity contribution in [2.45, 2.75) is 45.7 Å². The third kappa shape index (κ3) is 3.43. The minimum absolute atomic E-state index is 0.0458. The third-order valence-electron chi connectivity index (χ3n) is 2.94. The van der Waals surface area contributed by atoms with Crippen LogP contribution in [0.2, 0.25) is 0 Å². The van der Waals surface area contributed by atoms with Gasteiger partial charge in [0, 0.05) is 25.6 Å². The molecule has 1 heterocycles. The molecule has 1 aliphatic rings. The van der Waals surface area contributed by atoms with Crippen LogP contribution in [0.15, 0.2) is 0 Å². The summed E-state index contributed by atoms with van der Waals surface area (Å²) >= 11 is 0. The fourth-order valence-electron chi connectivity index (χ4n) is 2.02. The van der Waals surface area contributed by atoms with Crippen LogP contribution in [0, 0.1) is 0 Å². The second-order valence-corrected chi connectivity index (χ2v) is 4.92. The summed E-state index contributed by atoms with van der Waals surface area (Å²) in [6.07, 6.45) is 0.349. The molecule has 0 aromatic carbocycles. The van der Waals surface area contributed by atoms with Crippen molar-refractivity contribution < 1.29 is 14.3 Å². The molecule has 1 saturated heterocycles.